The van der Waals surface area contributed by atoms with Crippen molar-refractivity contribution in [3.63, 3.8) is 0 Å². The van der Waals surface area contributed by atoms with Crippen LogP contribution < -0.4 is 26.6 Å². The molecule has 2 rings (SSSR count). The summed E-state index contributed by atoms with van der Waals surface area (Å²) in [5.41, 5.74) is 5.76. The number of anilines is 2. The van der Waals surface area contributed by atoms with Gasteiger partial charge in [-0.1, -0.05) is 44.9 Å². The van der Waals surface area contributed by atoms with E-state index in [1.807, 2.05) is 32.0 Å². The Morgan fingerprint density at radius 1 is 1.17 bits per heavy atom. The number of nitrogens with one attached hydrogen (secondary N) is 1. The minimum atomic E-state index is -0.648. The highest BCUT2D eigenvalue weighted by Crippen LogP contribution is 2.22. The smallest absolute Gasteiger partial charge is 0.330 e. The largest absolute Gasteiger partial charge is 0.496 e. The number of carbonyl (C=O) groups excluding carboxylic acids is 1. The lowest BCUT2D eigenvalue weighted by molar-refractivity contribution is -0.118. The van der Waals surface area contributed by atoms with E-state index in [-0.39, 0.29) is 23.8 Å². The summed E-state index contributed by atoms with van der Waals surface area (Å²) in [6, 6.07) is 7.25. The number of aromatic amines is 1. The third-order valence-corrected chi connectivity index (χ3v) is 4.79. The monoisotopic (exact) mass is 402 g/mol. The molecule has 1 aromatic heterocycles. The average molecular weight is 402 g/mol. The molecule has 0 aliphatic rings. The predicted molar refractivity (Wildman–Crippen MR) is 115 cm³/mol. The van der Waals surface area contributed by atoms with Gasteiger partial charge >= 0.3 is 5.69 Å². The molecule has 0 saturated carbocycles. The lowest BCUT2D eigenvalue weighted by Gasteiger charge is -2.25. The molecule has 29 heavy (non-hydrogen) atoms. The van der Waals surface area contributed by atoms with Gasteiger partial charge in [-0.2, -0.15) is 0 Å². The van der Waals surface area contributed by atoms with Crippen molar-refractivity contribution in [2.75, 3.05) is 24.3 Å². The fourth-order valence-electron chi connectivity index (χ4n) is 3.16. The lowest BCUT2D eigenvalue weighted by Crippen LogP contribution is -2.42. The average Bonchev–Trinajstić information content (AvgIpc) is 2.70. The first-order valence-corrected chi connectivity index (χ1v) is 9.99. The van der Waals surface area contributed by atoms with Crippen LogP contribution in [0.5, 0.6) is 5.75 Å². The zero-order chi connectivity index (χ0) is 21.4. The Morgan fingerprint density at radius 3 is 2.52 bits per heavy atom. The van der Waals surface area contributed by atoms with E-state index in [1.54, 1.807) is 13.2 Å². The van der Waals surface area contributed by atoms with Crippen LogP contribution in [0.3, 0.4) is 0 Å². The molecular weight excluding hydrogens is 372 g/mol. The molecule has 0 radical (unpaired) electrons. The summed E-state index contributed by atoms with van der Waals surface area (Å²) in [5.74, 6) is 0.351. The Kier molecular flexibility index (Phi) is 8.06. The zero-order valence-electron chi connectivity index (χ0n) is 17.4. The molecule has 0 saturated heterocycles. The van der Waals surface area contributed by atoms with Gasteiger partial charge < -0.3 is 15.4 Å². The summed E-state index contributed by atoms with van der Waals surface area (Å²) in [6.45, 7) is 4.72. The van der Waals surface area contributed by atoms with Gasteiger partial charge in [-0.3, -0.25) is 19.1 Å². The molecule has 8 heteroatoms. The Bertz CT molecular complexity index is 948. The van der Waals surface area contributed by atoms with Gasteiger partial charge in [-0.25, -0.2) is 4.79 Å². The van der Waals surface area contributed by atoms with Crippen LogP contribution in [0.2, 0.25) is 0 Å². The first-order valence-electron chi connectivity index (χ1n) is 9.99. The third kappa shape index (κ3) is 5.28. The number of nitrogens with two attached hydrogens (primary N) is 1. The van der Waals surface area contributed by atoms with Crippen molar-refractivity contribution in [2.24, 2.45) is 0 Å². The highest BCUT2D eigenvalue weighted by atomic mass is 16.5. The van der Waals surface area contributed by atoms with E-state index < -0.39 is 11.2 Å². The number of H-pyrrole nitrogens is 1. The number of rotatable bonds is 10. The summed E-state index contributed by atoms with van der Waals surface area (Å²) in [6.07, 6.45) is 3.20. The second-order valence-corrected chi connectivity index (χ2v) is 6.89. The number of methoxy groups -OCH3 is 1. The van der Waals surface area contributed by atoms with Gasteiger partial charge in [-0.05, 0) is 18.9 Å². The number of nitrogen functional groups attached to an aromatic ring is 1. The molecular formula is C21H30N4O4. The normalized spacial score (nSPS) is 10.7. The maximum atomic E-state index is 13.2. The fraction of sp³-hybridized carbons (Fsp3) is 0.476. The van der Waals surface area contributed by atoms with E-state index in [0.29, 0.717) is 25.3 Å². The van der Waals surface area contributed by atoms with Crippen molar-refractivity contribution in [1.29, 1.82) is 0 Å². The van der Waals surface area contributed by atoms with Crippen LogP contribution in [0.15, 0.2) is 33.9 Å². The molecule has 0 bridgehead atoms. The number of nitrogens with zero attached hydrogens (tertiary/aromatic N) is 2. The van der Waals surface area contributed by atoms with Crippen molar-refractivity contribution >= 4 is 17.4 Å². The first-order chi connectivity index (χ1) is 13.9. The topological polar surface area (TPSA) is 110 Å². The van der Waals surface area contributed by atoms with Crippen molar-refractivity contribution in [3.8, 4) is 5.75 Å². The Labute approximate surface area is 170 Å². The number of unbranched alkanes of at least 4 members (excludes halogenated alkanes) is 2. The number of amides is 1. The van der Waals surface area contributed by atoms with Crippen LogP contribution in [0.4, 0.5) is 11.5 Å². The van der Waals surface area contributed by atoms with Crippen molar-refractivity contribution < 1.29 is 9.53 Å². The predicted octanol–water partition coefficient (Wildman–Crippen LogP) is 2.30. The summed E-state index contributed by atoms with van der Waals surface area (Å²) in [7, 11) is 1.55. The number of benzene rings is 1. The standard InChI is InChI=1S/C21H30N4O4/c1-4-6-12-24(17(26)14-15-10-8-9-11-16(15)29-3)18-19(22)25(13-7-5-2)21(28)23-20(18)27/h8-11H,4-7,12-14,22H2,1-3H3,(H,23,27,28). The maximum absolute atomic E-state index is 13.2. The van der Waals surface area contributed by atoms with Crippen molar-refractivity contribution in [1.82, 2.24) is 9.55 Å². The molecule has 1 heterocycles. The Hall–Kier alpha value is -3.03. The van der Waals surface area contributed by atoms with E-state index in [1.165, 1.54) is 9.47 Å². The van der Waals surface area contributed by atoms with Crippen molar-refractivity contribution in [2.45, 2.75) is 52.5 Å². The summed E-state index contributed by atoms with van der Waals surface area (Å²) >= 11 is 0. The minimum absolute atomic E-state index is 0.0247. The van der Waals surface area contributed by atoms with Crippen LogP contribution in [0, 0.1) is 0 Å². The van der Waals surface area contributed by atoms with E-state index >= 15 is 0 Å². The molecule has 0 unspecified atom stereocenters. The number of ether oxygens (including phenoxy) is 1. The van der Waals surface area contributed by atoms with Gasteiger partial charge in [0.05, 0.1) is 13.5 Å². The van der Waals surface area contributed by atoms with Gasteiger partial charge in [0.15, 0.2) is 5.69 Å². The van der Waals surface area contributed by atoms with Crippen LogP contribution in [-0.4, -0.2) is 29.1 Å². The zero-order valence-corrected chi connectivity index (χ0v) is 17.4. The van der Waals surface area contributed by atoms with Crippen molar-refractivity contribution in [3.05, 3.63) is 50.7 Å². The van der Waals surface area contributed by atoms with Gasteiger partial charge in [-0.15, -0.1) is 0 Å². The fourth-order valence-corrected chi connectivity index (χ4v) is 3.16. The lowest BCUT2D eigenvalue weighted by atomic mass is 10.1. The van der Waals surface area contributed by atoms with Gasteiger partial charge in [0, 0.05) is 18.7 Å². The quantitative estimate of drug-likeness (QED) is 0.634. The molecule has 1 aromatic carbocycles. The van der Waals surface area contributed by atoms with Crippen LogP contribution >= 0.6 is 0 Å². The summed E-state index contributed by atoms with van der Waals surface area (Å²) in [4.78, 5) is 41.7. The SMILES string of the molecule is CCCCN(C(=O)Cc1ccccc1OC)c1c(N)n(CCCC)c(=O)[nH]c1=O. The Balaban J connectivity index is 2.48. The highest BCUT2D eigenvalue weighted by Gasteiger charge is 2.24. The second kappa shape index (κ2) is 10.5. The van der Waals surface area contributed by atoms with E-state index in [0.717, 1.165) is 24.8 Å². The first kappa shape index (κ1) is 22.3. The van der Waals surface area contributed by atoms with E-state index in [4.69, 9.17) is 10.5 Å². The van der Waals surface area contributed by atoms with Gasteiger partial charge in [0.1, 0.15) is 11.6 Å². The number of hydrogen-bond acceptors (Lipinski definition) is 5. The minimum Gasteiger partial charge on any atom is -0.496 e. The number of aromatic nitrogens is 2. The molecule has 0 fully saturated rings. The van der Waals surface area contributed by atoms with Crippen LogP contribution in [0.25, 0.3) is 0 Å². The second-order valence-electron chi connectivity index (χ2n) is 6.89. The molecule has 8 nitrogen and oxygen atoms in total. The van der Waals surface area contributed by atoms with E-state index in [2.05, 4.69) is 4.98 Å². The number of hydrogen-bond donors (Lipinski definition) is 2. The molecule has 3 N–H and O–H groups in total. The third-order valence-electron chi connectivity index (χ3n) is 4.79. The van der Waals surface area contributed by atoms with Crippen LogP contribution in [-0.2, 0) is 17.8 Å². The summed E-state index contributed by atoms with van der Waals surface area (Å²) in [5, 5.41) is 0. The molecule has 0 atom stereocenters. The molecule has 158 valence electrons. The maximum Gasteiger partial charge on any atom is 0.330 e. The highest BCUT2D eigenvalue weighted by molar-refractivity contribution is 5.97. The Morgan fingerprint density at radius 2 is 1.86 bits per heavy atom. The van der Waals surface area contributed by atoms with E-state index in [9.17, 15) is 14.4 Å². The summed E-state index contributed by atoms with van der Waals surface area (Å²) < 4.78 is 6.66. The molecule has 0 spiro atoms. The molecule has 2 aromatic rings. The van der Waals surface area contributed by atoms with Crippen LogP contribution in [0.1, 0.15) is 45.1 Å². The number of para-hydroxylation sites is 1. The molecule has 0 aliphatic heterocycles. The molecule has 1 amide bonds. The molecule has 0 aliphatic carbocycles. The number of carbonyl (C=O) groups is 1. The van der Waals surface area contributed by atoms with Gasteiger partial charge in [0.2, 0.25) is 5.91 Å². The van der Waals surface area contributed by atoms with Gasteiger partial charge in [0.25, 0.3) is 5.56 Å².